The number of urea groups is 1. The molecule has 1 aromatic carbocycles. The molecule has 0 saturated carbocycles. The molecule has 0 aromatic heterocycles. The lowest BCUT2D eigenvalue weighted by Crippen LogP contribution is -2.46. The van der Waals surface area contributed by atoms with Crippen molar-refractivity contribution >= 4 is 11.9 Å². The minimum atomic E-state index is -0.400. The Hall–Kier alpha value is -1.88. The van der Waals surface area contributed by atoms with Gasteiger partial charge < -0.3 is 5.32 Å². The summed E-state index contributed by atoms with van der Waals surface area (Å²) in [6, 6.07) is 10.1. The van der Waals surface area contributed by atoms with E-state index in [4.69, 9.17) is 0 Å². The first-order chi connectivity index (χ1) is 11.0. The van der Waals surface area contributed by atoms with Gasteiger partial charge in [-0.2, -0.15) is 0 Å². The molecular formula is C18H27N3O2. The second-order valence-electron chi connectivity index (χ2n) is 6.61. The molecular weight excluding hydrogens is 290 g/mol. The van der Waals surface area contributed by atoms with Gasteiger partial charge in [0.2, 0.25) is 5.91 Å². The van der Waals surface area contributed by atoms with Crippen LogP contribution in [-0.4, -0.2) is 43.0 Å². The van der Waals surface area contributed by atoms with Gasteiger partial charge in [-0.3, -0.25) is 15.0 Å². The van der Waals surface area contributed by atoms with Gasteiger partial charge in [-0.05, 0) is 43.3 Å². The largest absolute Gasteiger partial charge is 0.338 e. The maximum Gasteiger partial charge on any atom is 0.321 e. The fourth-order valence-corrected chi connectivity index (χ4v) is 2.86. The van der Waals surface area contributed by atoms with E-state index in [1.54, 1.807) is 0 Å². The first-order valence-electron chi connectivity index (χ1n) is 8.39. The van der Waals surface area contributed by atoms with Gasteiger partial charge in [-0.1, -0.05) is 44.2 Å². The van der Waals surface area contributed by atoms with Gasteiger partial charge in [-0.15, -0.1) is 0 Å². The van der Waals surface area contributed by atoms with Crippen LogP contribution in [0.25, 0.3) is 0 Å². The summed E-state index contributed by atoms with van der Waals surface area (Å²) < 4.78 is 0. The molecule has 0 atom stereocenters. The predicted molar refractivity (Wildman–Crippen MR) is 91.2 cm³/mol. The number of carbonyl (C=O) groups excluding carboxylic acids is 2. The lowest BCUT2D eigenvalue weighted by atomic mass is 9.89. The number of nitrogens with one attached hydrogen (secondary N) is 2. The van der Waals surface area contributed by atoms with Crippen LogP contribution in [0.1, 0.15) is 38.2 Å². The van der Waals surface area contributed by atoms with Crippen LogP contribution in [0.3, 0.4) is 0 Å². The Morgan fingerprint density at radius 1 is 1.17 bits per heavy atom. The van der Waals surface area contributed by atoms with Gasteiger partial charge in [0.1, 0.15) is 0 Å². The molecule has 1 aliphatic rings. The number of likely N-dealkylation sites (tertiary alicyclic amines) is 1. The molecule has 1 fully saturated rings. The zero-order valence-electron chi connectivity index (χ0n) is 14.0. The molecule has 1 aromatic rings. The maximum absolute atomic E-state index is 11.9. The number of rotatable bonds is 5. The van der Waals surface area contributed by atoms with Crippen molar-refractivity contribution in [2.75, 3.05) is 26.2 Å². The second-order valence-corrected chi connectivity index (χ2v) is 6.61. The van der Waals surface area contributed by atoms with E-state index in [-0.39, 0.29) is 12.5 Å². The Morgan fingerprint density at radius 2 is 1.83 bits per heavy atom. The lowest BCUT2D eigenvalue weighted by Gasteiger charge is -2.31. The average molecular weight is 317 g/mol. The van der Waals surface area contributed by atoms with Crippen molar-refractivity contribution in [3.8, 4) is 0 Å². The fourth-order valence-electron chi connectivity index (χ4n) is 2.86. The van der Waals surface area contributed by atoms with Gasteiger partial charge in [0.15, 0.2) is 0 Å². The molecule has 0 spiro atoms. The number of hydrogen-bond donors (Lipinski definition) is 2. The molecule has 2 N–H and O–H groups in total. The van der Waals surface area contributed by atoms with Crippen LogP contribution in [0, 0.1) is 5.92 Å². The maximum atomic E-state index is 11.9. The molecule has 23 heavy (non-hydrogen) atoms. The van der Waals surface area contributed by atoms with Crippen molar-refractivity contribution in [1.82, 2.24) is 15.5 Å². The number of benzene rings is 1. The van der Waals surface area contributed by atoms with Crippen LogP contribution >= 0.6 is 0 Å². The third kappa shape index (κ3) is 6.02. The lowest BCUT2D eigenvalue weighted by molar-refractivity contribution is -0.121. The molecule has 1 saturated heterocycles. The molecule has 1 heterocycles. The summed E-state index contributed by atoms with van der Waals surface area (Å²) in [5.41, 5.74) is 1.38. The van der Waals surface area contributed by atoms with Gasteiger partial charge in [0, 0.05) is 6.54 Å². The summed E-state index contributed by atoms with van der Waals surface area (Å²) in [6.45, 7) is 6.66. The molecule has 5 nitrogen and oxygen atoms in total. The van der Waals surface area contributed by atoms with E-state index in [1.165, 1.54) is 5.56 Å². The number of nitrogens with zero attached hydrogens (tertiary/aromatic N) is 1. The van der Waals surface area contributed by atoms with Crippen LogP contribution in [0.4, 0.5) is 4.79 Å². The molecule has 126 valence electrons. The third-order valence-electron chi connectivity index (χ3n) is 4.15. The Balaban J connectivity index is 1.69. The highest BCUT2D eigenvalue weighted by atomic mass is 16.2. The standard InChI is InChI=1S/C18H27N3O2/c1-14(2)12-19-18(23)20-17(22)13-21-10-8-16(9-11-21)15-6-4-3-5-7-15/h3-7,14,16H,8-13H2,1-2H3,(H2,19,20,22,23). The van der Waals surface area contributed by atoms with E-state index in [2.05, 4.69) is 39.8 Å². The Kier molecular flexibility index (Phi) is 6.59. The van der Waals surface area contributed by atoms with Crippen molar-refractivity contribution < 1.29 is 9.59 Å². The second kappa shape index (κ2) is 8.67. The summed E-state index contributed by atoms with van der Waals surface area (Å²) in [6.07, 6.45) is 2.10. The highest BCUT2D eigenvalue weighted by Gasteiger charge is 2.22. The van der Waals surface area contributed by atoms with Gasteiger partial charge >= 0.3 is 6.03 Å². The van der Waals surface area contributed by atoms with Gasteiger partial charge in [0.05, 0.1) is 6.54 Å². The van der Waals surface area contributed by atoms with Crippen molar-refractivity contribution in [1.29, 1.82) is 0 Å². The quantitative estimate of drug-likeness (QED) is 0.876. The minimum Gasteiger partial charge on any atom is -0.338 e. The summed E-state index contributed by atoms with van der Waals surface area (Å²) in [7, 11) is 0. The molecule has 0 unspecified atom stereocenters. The monoisotopic (exact) mass is 317 g/mol. The summed E-state index contributed by atoms with van der Waals surface area (Å²) in [5.74, 6) is 0.710. The number of carbonyl (C=O) groups is 2. The molecule has 0 radical (unpaired) electrons. The SMILES string of the molecule is CC(C)CNC(=O)NC(=O)CN1CCC(c2ccccc2)CC1. The van der Waals surface area contributed by atoms with Crippen molar-refractivity contribution in [2.24, 2.45) is 5.92 Å². The van der Waals surface area contributed by atoms with E-state index in [0.29, 0.717) is 18.4 Å². The van der Waals surface area contributed by atoms with E-state index < -0.39 is 6.03 Å². The highest BCUT2D eigenvalue weighted by Crippen LogP contribution is 2.27. The summed E-state index contributed by atoms with van der Waals surface area (Å²) in [4.78, 5) is 25.6. The van der Waals surface area contributed by atoms with E-state index >= 15 is 0 Å². The number of amides is 3. The number of hydrogen-bond acceptors (Lipinski definition) is 3. The molecule has 1 aliphatic heterocycles. The van der Waals surface area contributed by atoms with Crippen molar-refractivity contribution in [2.45, 2.75) is 32.6 Å². The Labute approximate surface area is 138 Å². The first-order valence-corrected chi connectivity index (χ1v) is 8.39. The molecule has 5 heteroatoms. The predicted octanol–water partition coefficient (Wildman–Crippen LogP) is 2.35. The summed E-state index contributed by atoms with van der Waals surface area (Å²) >= 11 is 0. The smallest absolute Gasteiger partial charge is 0.321 e. The van der Waals surface area contributed by atoms with Crippen LogP contribution in [0.5, 0.6) is 0 Å². The Bertz CT molecular complexity index is 508. The van der Waals surface area contributed by atoms with Crippen molar-refractivity contribution in [3.05, 3.63) is 35.9 Å². The van der Waals surface area contributed by atoms with Crippen LogP contribution < -0.4 is 10.6 Å². The minimum absolute atomic E-state index is 0.232. The number of imide groups is 1. The van der Waals surface area contributed by atoms with E-state index in [0.717, 1.165) is 25.9 Å². The Morgan fingerprint density at radius 3 is 2.43 bits per heavy atom. The summed E-state index contributed by atoms with van der Waals surface area (Å²) in [5, 5.41) is 5.08. The topological polar surface area (TPSA) is 61.4 Å². The van der Waals surface area contributed by atoms with Crippen LogP contribution in [0.2, 0.25) is 0 Å². The molecule has 0 aliphatic carbocycles. The number of piperidine rings is 1. The van der Waals surface area contributed by atoms with Crippen molar-refractivity contribution in [3.63, 3.8) is 0 Å². The first kappa shape index (κ1) is 17.5. The molecule has 0 bridgehead atoms. The van der Waals surface area contributed by atoms with E-state index in [1.807, 2.05) is 19.9 Å². The molecule has 3 amide bonds. The van der Waals surface area contributed by atoms with E-state index in [9.17, 15) is 9.59 Å². The van der Waals surface area contributed by atoms with Gasteiger partial charge in [-0.25, -0.2) is 4.79 Å². The van der Waals surface area contributed by atoms with Gasteiger partial charge in [0.25, 0.3) is 0 Å². The molecule has 2 rings (SSSR count). The van der Waals surface area contributed by atoms with Crippen LogP contribution in [0.15, 0.2) is 30.3 Å². The highest BCUT2D eigenvalue weighted by molar-refractivity contribution is 5.95. The zero-order valence-corrected chi connectivity index (χ0v) is 14.0. The van der Waals surface area contributed by atoms with Crippen LogP contribution in [-0.2, 0) is 4.79 Å². The average Bonchev–Trinajstić information content (AvgIpc) is 2.54. The third-order valence-corrected chi connectivity index (χ3v) is 4.15. The fraction of sp³-hybridized carbons (Fsp3) is 0.556. The normalized spacial score (nSPS) is 16.3. The zero-order chi connectivity index (χ0) is 16.7.